The summed E-state index contributed by atoms with van der Waals surface area (Å²) in [6.07, 6.45) is 0.768. The van der Waals surface area contributed by atoms with Crippen LogP contribution >= 0.6 is 0 Å². The van der Waals surface area contributed by atoms with Crippen LogP contribution < -0.4 is 0 Å². The molecule has 126 valence electrons. The molecule has 0 aromatic heterocycles. The van der Waals surface area contributed by atoms with Crippen LogP contribution in [0.4, 0.5) is 4.39 Å². The predicted octanol–water partition coefficient (Wildman–Crippen LogP) is 0.603. The van der Waals surface area contributed by atoms with E-state index in [2.05, 4.69) is 0 Å². The molecule has 1 amide bonds. The van der Waals surface area contributed by atoms with E-state index < -0.39 is 11.5 Å². The van der Waals surface area contributed by atoms with Crippen molar-refractivity contribution in [3.05, 3.63) is 35.6 Å². The van der Waals surface area contributed by atoms with Gasteiger partial charge in [-0.3, -0.25) is 9.69 Å². The number of β-amino-alcohol motifs (C(OH)–C–C–N with tert-alkyl or cyclic N) is 1. The predicted molar refractivity (Wildman–Crippen MR) is 83.0 cm³/mol. The molecule has 1 aliphatic carbocycles. The third-order valence-corrected chi connectivity index (χ3v) is 4.84. The first-order valence-corrected chi connectivity index (χ1v) is 8.08. The minimum atomic E-state index is -0.664. The first-order valence-electron chi connectivity index (χ1n) is 8.08. The Bertz CT molecular complexity index is 577. The van der Waals surface area contributed by atoms with Gasteiger partial charge < -0.3 is 15.1 Å². The maximum Gasteiger partial charge on any atom is 0.231 e. The fourth-order valence-electron chi connectivity index (χ4n) is 3.18. The molecular weight excluding hydrogens is 299 g/mol. The number of hydrogen-bond acceptors (Lipinski definition) is 4. The summed E-state index contributed by atoms with van der Waals surface area (Å²) < 4.78 is 13.8. The van der Waals surface area contributed by atoms with E-state index in [0.29, 0.717) is 44.6 Å². The van der Waals surface area contributed by atoms with E-state index in [9.17, 15) is 19.4 Å². The van der Waals surface area contributed by atoms with E-state index in [0.717, 1.165) is 0 Å². The van der Waals surface area contributed by atoms with Crippen molar-refractivity contribution in [3.8, 4) is 0 Å². The van der Waals surface area contributed by atoms with Crippen LogP contribution in [-0.4, -0.2) is 64.8 Å². The minimum Gasteiger partial charge on any atom is -0.395 e. The minimum absolute atomic E-state index is 0.0632. The fraction of sp³-hybridized carbons (Fsp3) is 0.588. The van der Waals surface area contributed by atoms with E-state index in [1.807, 2.05) is 4.90 Å². The first-order chi connectivity index (χ1) is 11.0. The number of carbonyl (C=O) groups excluding carboxylic acids is 1. The number of aliphatic hydroxyl groups excluding tert-OH is 2. The van der Waals surface area contributed by atoms with Gasteiger partial charge in [0.2, 0.25) is 5.91 Å². The van der Waals surface area contributed by atoms with Crippen LogP contribution in [0.3, 0.4) is 0 Å². The fourth-order valence-corrected chi connectivity index (χ4v) is 3.18. The quantitative estimate of drug-likeness (QED) is 0.852. The third-order valence-electron chi connectivity index (χ3n) is 4.84. The Labute approximate surface area is 135 Å². The molecule has 3 rings (SSSR count). The van der Waals surface area contributed by atoms with E-state index in [1.54, 1.807) is 23.1 Å². The van der Waals surface area contributed by atoms with Gasteiger partial charge in [-0.25, -0.2) is 4.39 Å². The van der Waals surface area contributed by atoms with Gasteiger partial charge in [0, 0.05) is 38.3 Å². The van der Waals surface area contributed by atoms with Gasteiger partial charge in [-0.05, 0) is 18.9 Å². The SMILES string of the molecule is O=C(N1CCN(Cc2ccccc2F)C[C@@H](O)C1)C1(CO)CC1. The zero-order chi connectivity index (χ0) is 16.4. The molecule has 2 aliphatic rings. The lowest BCUT2D eigenvalue weighted by Crippen LogP contribution is -2.43. The average molecular weight is 322 g/mol. The highest BCUT2D eigenvalue weighted by atomic mass is 19.1. The lowest BCUT2D eigenvalue weighted by atomic mass is 10.1. The molecule has 0 radical (unpaired) electrons. The summed E-state index contributed by atoms with van der Waals surface area (Å²) in [4.78, 5) is 16.1. The molecule has 2 N–H and O–H groups in total. The maximum absolute atomic E-state index is 13.8. The first kappa shape index (κ1) is 16.4. The Morgan fingerprint density at radius 2 is 2.00 bits per heavy atom. The number of hydrogen-bond donors (Lipinski definition) is 2. The number of aliphatic hydroxyl groups is 2. The van der Waals surface area contributed by atoms with Crippen molar-refractivity contribution in [1.29, 1.82) is 0 Å². The van der Waals surface area contributed by atoms with E-state index in [-0.39, 0.29) is 24.9 Å². The van der Waals surface area contributed by atoms with Gasteiger partial charge in [0.05, 0.1) is 18.1 Å². The number of carbonyl (C=O) groups is 1. The Hall–Kier alpha value is -1.50. The normalized spacial score (nSPS) is 24.3. The smallest absolute Gasteiger partial charge is 0.231 e. The number of nitrogens with zero attached hydrogens (tertiary/aromatic N) is 2. The van der Waals surface area contributed by atoms with Gasteiger partial charge in [0.25, 0.3) is 0 Å². The van der Waals surface area contributed by atoms with Crippen LogP contribution in [0.5, 0.6) is 0 Å². The third kappa shape index (κ3) is 3.54. The van der Waals surface area contributed by atoms with Gasteiger partial charge >= 0.3 is 0 Å². The highest BCUT2D eigenvalue weighted by molar-refractivity contribution is 5.85. The molecule has 1 aliphatic heterocycles. The molecule has 23 heavy (non-hydrogen) atoms. The Morgan fingerprint density at radius 3 is 2.65 bits per heavy atom. The summed E-state index contributed by atoms with van der Waals surface area (Å²) in [6, 6.07) is 6.61. The van der Waals surface area contributed by atoms with Crippen LogP contribution in [0.1, 0.15) is 18.4 Å². The number of rotatable bonds is 4. The highest BCUT2D eigenvalue weighted by Gasteiger charge is 2.51. The van der Waals surface area contributed by atoms with Crippen molar-refractivity contribution in [2.45, 2.75) is 25.5 Å². The van der Waals surface area contributed by atoms with Crippen molar-refractivity contribution < 1.29 is 19.4 Å². The summed E-state index contributed by atoms with van der Waals surface area (Å²) in [6.45, 7) is 2.04. The lowest BCUT2D eigenvalue weighted by molar-refractivity contribution is -0.139. The van der Waals surface area contributed by atoms with Crippen LogP contribution in [0.25, 0.3) is 0 Å². The van der Waals surface area contributed by atoms with Crippen LogP contribution in [0.15, 0.2) is 24.3 Å². The van der Waals surface area contributed by atoms with Crippen LogP contribution in [0.2, 0.25) is 0 Å². The average Bonchev–Trinajstić information content (AvgIpc) is 3.34. The Morgan fingerprint density at radius 1 is 1.26 bits per heavy atom. The molecule has 0 spiro atoms. The molecule has 1 atom stereocenters. The number of halogens is 1. The lowest BCUT2D eigenvalue weighted by Gasteiger charge is -2.26. The Kier molecular flexibility index (Phi) is 4.66. The number of amides is 1. The molecule has 0 bridgehead atoms. The van der Waals surface area contributed by atoms with Crippen LogP contribution in [-0.2, 0) is 11.3 Å². The van der Waals surface area contributed by atoms with Gasteiger partial charge in [0.15, 0.2) is 0 Å². The highest BCUT2D eigenvalue weighted by Crippen LogP contribution is 2.46. The van der Waals surface area contributed by atoms with Crippen LogP contribution in [0, 0.1) is 11.2 Å². The standard InChI is InChI=1S/C17H23FN2O3/c18-15-4-2-1-3-13(15)9-19-7-8-20(11-14(22)10-19)16(23)17(12-21)5-6-17/h1-4,14,21-22H,5-12H2/t14-/m1/s1. The van der Waals surface area contributed by atoms with E-state index >= 15 is 0 Å². The molecule has 1 saturated carbocycles. The molecule has 1 saturated heterocycles. The van der Waals surface area contributed by atoms with Gasteiger partial charge in [-0.1, -0.05) is 18.2 Å². The van der Waals surface area contributed by atoms with E-state index in [1.165, 1.54) is 6.07 Å². The van der Waals surface area contributed by atoms with Gasteiger partial charge in [0.1, 0.15) is 5.82 Å². The van der Waals surface area contributed by atoms with E-state index in [4.69, 9.17) is 0 Å². The Balaban J connectivity index is 1.64. The summed E-state index contributed by atoms with van der Waals surface area (Å²) in [5.74, 6) is -0.317. The molecule has 6 heteroatoms. The van der Waals surface area contributed by atoms with Gasteiger partial charge in [-0.15, -0.1) is 0 Å². The van der Waals surface area contributed by atoms with Crippen molar-refractivity contribution in [2.24, 2.45) is 5.41 Å². The zero-order valence-electron chi connectivity index (χ0n) is 13.1. The molecule has 2 fully saturated rings. The molecule has 0 unspecified atom stereocenters. The summed E-state index contributed by atoms with van der Waals surface area (Å²) >= 11 is 0. The van der Waals surface area contributed by atoms with Gasteiger partial charge in [-0.2, -0.15) is 0 Å². The molecule has 1 aromatic rings. The van der Waals surface area contributed by atoms with Crippen molar-refractivity contribution in [1.82, 2.24) is 9.80 Å². The zero-order valence-corrected chi connectivity index (χ0v) is 13.1. The summed E-state index contributed by atoms with van der Waals surface area (Å²) in [5.41, 5.74) is -0.0195. The molecule has 5 nitrogen and oxygen atoms in total. The largest absolute Gasteiger partial charge is 0.395 e. The molecule has 1 aromatic carbocycles. The second-order valence-electron chi connectivity index (χ2n) is 6.67. The monoisotopic (exact) mass is 322 g/mol. The second-order valence-corrected chi connectivity index (χ2v) is 6.67. The molecule has 1 heterocycles. The number of benzene rings is 1. The summed E-state index contributed by atoms with van der Waals surface area (Å²) in [5, 5.41) is 19.6. The second kappa shape index (κ2) is 6.55. The summed E-state index contributed by atoms with van der Waals surface area (Å²) in [7, 11) is 0. The molecular formula is C17H23FN2O3. The van der Waals surface area contributed by atoms with Crippen molar-refractivity contribution in [3.63, 3.8) is 0 Å². The topological polar surface area (TPSA) is 64.0 Å². The van der Waals surface area contributed by atoms with Crippen molar-refractivity contribution >= 4 is 5.91 Å². The maximum atomic E-state index is 13.8. The van der Waals surface area contributed by atoms with Crippen molar-refractivity contribution in [2.75, 3.05) is 32.8 Å².